The molecule has 2 unspecified atom stereocenters. The van der Waals surface area contributed by atoms with Crippen molar-refractivity contribution in [2.24, 2.45) is 5.11 Å². The Morgan fingerprint density at radius 1 is 1.22 bits per heavy atom. The van der Waals surface area contributed by atoms with E-state index < -0.39 is 37.8 Å². The number of aliphatic hydroxyl groups excluding tert-OH is 1. The fraction of sp³-hybridized carbons (Fsp3) is 0.433. The zero-order chi connectivity index (χ0) is 32.7. The van der Waals surface area contributed by atoms with Gasteiger partial charge in [-0.2, -0.15) is 9.97 Å². The second kappa shape index (κ2) is 14.6. The van der Waals surface area contributed by atoms with Gasteiger partial charge in [0.15, 0.2) is 17.4 Å². The molecule has 16 heteroatoms. The highest BCUT2D eigenvalue weighted by atomic mass is 31.2. The Hall–Kier alpha value is -4.07. The van der Waals surface area contributed by atoms with E-state index in [0.29, 0.717) is 11.9 Å². The van der Waals surface area contributed by atoms with Crippen LogP contribution in [0.15, 0.2) is 72.1 Å². The number of fused-ring (bicyclic) bond motifs is 1. The molecule has 1 aliphatic rings. The van der Waals surface area contributed by atoms with E-state index in [9.17, 15) is 15.2 Å². The minimum absolute atomic E-state index is 0.0753. The van der Waals surface area contributed by atoms with Crippen LogP contribution in [-0.2, 0) is 24.9 Å². The van der Waals surface area contributed by atoms with Crippen LogP contribution in [0.2, 0.25) is 0 Å². The van der Waals surface area contributed by atoms with Gasteiger partial charge >= 0.3 is 7.75 Å². The molecule has 3 heterocycles. The summed E-state index contributed by atoms with van der Waals surface area (Å²) in [7, 11) is -2.62. The van der Waals surface area contributed by atoms with E-state index >= 15 is 0 Å². The molecule has 1 aliphatic heterocycles. The molecule has 0 saturated carbocycles. The molecular weight excluding hydrogens is 613 g/mol. The van der Waals surface area contributed by atoms with Crippen molar-refractivity contribution in [1.29, 1.82) is 0 Å². The van der Waals surface area contributed by atoms with Gasteiger partial charge in [-0.05, 0) is 30.0 Å². The summed E-state index contributed by atoms with van der Waals surface area (Å²) < 4.78 is 39.8. The Morgan fingerprint density at radius 2 is 1.93 bits per heavy atom. The Bertz CT molecular complexity index is 1710. The molecule has 1 saturated heterocycles. The number of benzene rings is 2. The Balaban J connectivity index is 1.43. The number of nitrogens with one attached hydrogen (secondary N) is 1. The Morgan fingerprint density at radius 3 is 2.61 bits per heavy atom. The lowest BCUT2D eigenvalue weighted by molar-refractivity contribution is -0.0447. The minimum Gasteiger partial charge on any atom is -0.479 e. The van der Waals surface area contributed by atoms with Gasteiger partial charge in [0.05, 0.1) is 32.3 Å². The highest BCUT2D eigenvalue weighted by molar-refractivity contribution is 7.51. The summed E-state index contributed by atoms with van der Waals surface area (Å²) in [6, 6.07) is 19.0. The molecule has 244 valence electrons. The van der Waals surface area contributed by atoms with Crippen LogP contribution in [0, 0.1) is 0 Å². The molecule has 0 spiro atoms. The number of aromatic nitrogens is 4. The van der Waals surface area contributed by atoms with E-state index in [1.165, 1.54) is 24.9 Å². The molecule has 0 radical (unpaired) electrons. The standard InChI is InChI=1S/C30H38N9O6P/c1-4-5-16-22(21-14-10-7-11-15-21)45-46(41,34-17-20-12-8-6-9-13-20)43-18-23-25(40)30(2,37-38-32)28(44-23)39-19-33-24-26(39)35-29(31)36-27(24)42-3/h6-15,19,22-23,25,28,40H,4-5,16-18H2,1-3H3,(H,34,41)(H2,31,35,36)/t22?,23-,25-,28-,30-,46?/m1/s1. The number of aliphatic hydroxyl groups is 1. The van der Waals surface area contributed by atoms with Crippen LogP contribution in [0.4, 0.5) is 5.95 Å². The van der Waals surface area contributed by atoms with Crippen LogP contribution < -0.4 is 15.6 Å². The summed E-state index contributed by atoms with van der Waals surface area (Å²) in [5.41, 5.74) is 16.1. The third-order valence-electron chi connectivity index (χ3n) is 7.85. The maximum absolute atomic E-state index is 14.4. The SMILES string of the molecule is CCCCC(OP(=O)(NCc1ccccc1)OC[C@H]1O[C@@H](n2cnc3c(OC)nc(N)nc32)[C@](C)(N=[N+]=[N-])[C@@H]1O)c1ccccc1. The Kier molecular flexibility index (Phi) is 10.5. The number of rotatable bonds is 15. The summed E-state index contributed by atoms with van der Waals surface area (Å²) >= 11 is 0. The third-order valence-corrected chi connectivity index (χ3v) is 9.42. The van der Waals surface area contributed by atoms with Crippen LogP contribution in [0.5, 0.6) is 5.88 Å². The number of ether oxygens (including phenoxy) is 2. The van der Waals surface area contributed by atoms with Crippen molar-refractivity contribution in [2.45, 2.75) is 69.7 Å². The van der Waals surface area contributed by atoms with E-state index in [1.807, 2.05) is 60.7 Å². The summed E-state index contributed by atoms with van der Waals surface area (Å²) in [6.45, 7) is 3.44. The van der Waals surface area contributed by atoms with Crippen molar-refractivity contribution >= 4 is 24.9 Å². The molecule has 0 aliphatic carbocycles. The van der Waals surface area contributed by atoms with Gasteiger partial charge in [-0.25, -0.2) is 14.6 Å². The van der Waals surface area contributed by atoms with Gasteiger partial charge in [0.25, 0.3) is 0 Å². The van der Waals surface area contributed by atoms with Crippen molar-refractivity contribution in [3.8, 4) is 5.88 Å². The third kappa shape index (κ3) is 7.16. The smallest absolute Gasteiger partial charge is 0.406 e. The first kappa shape index (κ1) is 33.3. The number of imidazole rings is 1. The molecule has 0 amide bonds. The van der Waals surface area contributed by atoms with Crippen molar-refractivity contribution in [2.75, 3.05) is 19.5 Å². The van der Waals surface area contributed by atoms with Crippen LogP contribution in [0.25, 0.3) is 21.6 Å². The largest absolute Gasteiger partial charge is 0.479 e. The number of nitrogen functional groups attached to an aromatic ring is 1. The molecule has 2 aromatic carbocycles. The molecule has 2 aromatic heterocycles. The predicted molar refractivity (Wildman–Crippen MR) is 170 cm³/mol. The zero-order valence-electron chi connectivity index (χ0n) is 25.8. The fourth-order valence-electron chi connectivity index (χ4n) is 5.38. The maximum atomic E-state index is 14.4. The van der Waals surface area contributed by atoms with Crippen LogP contribution in [0.3, 0.4) is 0 Å². The summed E-state index contributed by atoms with van der Waals surface area (Å²) in [6.07, 6.45) is -0.337. The predicted octanol–water partition coefficient (Wildman–Crippen LogP) is 5.61. The van der Waals surface area contributed by atoms with Gasteiger partial charge in [0.1, 0.15) is 11.6 Å². The topological polar surface area (TPSA) is 205 Å². The molecular formula is C30H38N9O6P. The van der Waals surface area contributed by atoms with Crippen LogP contribution in [-0.4, -0.2) is 56.1 Å². The lowest BCUT2D eigenvalue weighted by Crippen LogP contribution is -2.42. The molecule has 4 aromatic rings. The average molecular weight is 652 g/mol. The zero-order valence-corrected chi connectivity index (χ0v) is 26.7. The number of methoxy groups -OCH3 is 1. The monoisotopic (exact) mass is 651 g/mol. The van der Waals surface area contributed by atoms with Gasteiger partial charge in [0.2, 0.25) is 11.8 Å². The molecule has 5 rings (SSSR count). The number of nitrogens with zero attached hydrogens (tertiary/aromatic N) is 7. The quantitative estimate of drug-likeness (QED) is 0.0624. The van der Waals surface area contributed by atoms with Crippen molar-refractivity contribution in [3.05, 3.63) is 88.6 Å². The molecule has 1 fully saturated rings. The molecule has 6 atom stereocenters. The Labute approximate surface area is 266 Å². The number of hydrogen-bond donors (Lipinski definition) is 3. The molecule has 0 bridgehead atoms. The summed E-state index contributed by atoms with van der Waals surface area (Å²) in [5, 5.41) is 18.4. The maximum Gasteiger partial charge on any atom is 0.406 e. The van der Waals surface area contributed by atoms with Crippen molar-refractivity contribution in [1.82, 2.24) is 24.6 Å². The first-order valence-electron chi connectivity index (χ1n) is 14.9. The van der Waals surface area contributed by atoms with Gasteiger partial charge in [0, 0.05) is 11.5 Å². The molecule has 46 heavy (non-hydrogen) atoms. The second-order valence-corrected chi connectivity index (χ2v) is 12.8. The van der Waals surface area contributed by atoms with Gasteiger partial charge in [-0.3, -0.25) is 13.6 Å². The van der Waals surface area contributed by atoms with E-state index in [1.54, 1.807) is 0 Å². The van der Waals surface area contributed by atoms with Gasteiger partial charge < -0.3 is 20.3 Å². The number of azide groups is 1. The number of unbranched alkanes of at least 4 members (excludes halogenated alkanes) is 1. The van der Waals surface area contributed by atoms with E-state index in [-0.39, 0.29) is 30.6 Å². The summed E-state index contributed by atoms with van der Waals surface area (Å²) in [4.78, 5) is 15.6. The first-order chi connectivity index (χ1) is 22.2. The van der Waals surface area contributed by atoms with E-state index in [2.05, 4.69) is 37.0 Å². The number of nitrogens with two attached hydrogens (primary N) is 1. The van der Waals surface area contributed by atoms with E-state index in [4.69, 9.17) is 24.3 Å². The number of hydrogen-bond acceptors (Lipinski definition) is 11. The first-order valence-corrected chi connectivity index (χ1v) is 16.5. The highest BCUT2D eigenvalue weighted by Crippen LogP contribution is 2.51. The highest BCUT2D eigenvalue weighted by Gasteiger charge is 2.55. The van der Waals surface area contributed by atoms with Crippen molar-refractivity contribution in [3.63, 3.8) is 0 Å². The lowest BCUT2D eigenvalue weighted by Gasteiger charge is -2.28. The minimum atomic E-state index is -4.04. The summed E-state index contributed by atoms with van der Waals surface area (Å²) in [5.74, 6) is 0.0671. The fourth-order valence-corrected chi connectivity index (χ4v) is 6.89. The molecule has 4 N–H and O–H groups in total. The van der Waals surface area contributed by atoms with Gasteiger partial charge in [-0.15, -0.1) is 0 Å². The molecule has 15 nitrogen and oxygen atoms in total. The van der Waals surface area contributed by atoms with Crippen LogP contribution in [0.1, 0.15) is 56.6 Å². The van der Waals surface area contributed by atoms with Crippen LogP contribution >= 0.6 is 7.75 Å². The van der Waals surface area contributed by atoms with E-state index in [0.717, 1.165) is 24.0 Å². The lowest BCUT2D eigenvalue weighted by atomic mass is 9.93. The normalized spacial score (nSPS) is 23.1. The second-order valence-electron chi connectivity index (χ2n) is 11.1. The van der Waals surface area contributed by atoms with Gasteiger partial charge in [-0.1, -0.05) is 85.5 Å². The van der Waals surface area contributed by atoms with Crippen molar-refractivity contribution < 1.29 is 28.2 Å². The average Bonchev–Trinajstić information content (AvgIpc) is 3.59. The number of anilines is 1.